The summed E-state index contributed by atoms with van der Waals surface area (Å²) < 4.78 is 16.1. The lowest BCUT2D eigenvalue weighted by atomic mass is 10.1. The first-order chi connectivity index (χ1) is 14.8. The first-order valence-corrected chi connectivity index (χ1v) is 10.1. The molecule has 0 bridgehead atoms. The molecule has 31 heavy (non-hydrogen) atoms. The zero-order valence-corrected chi connectivity index (χ0v) is 18.1. The van der Waals surface area contributed by atoms with Crippen LogP contribution < -0.4 is 14.8 Å². The van der Waals surface area contributed by atoms with Crippen LogP contribution in [0.15, 0.2) is 30.3 Å². The number of likely N-dealkylation sites (tertiary alicyclic amines) is 1. The summed E-state index contributed by atoms with van der Waals surface area (Å²) in [6.07, 6.45) is -0.611. The maximum atomic E-state index is 13.0. The Morgan fingerprint density at radius 1 is 1.13 bits per heavy atom. The van der Waals surface area contributed by atoms with Crippen molar-refractivity contribution in [3.63, 3.8) is 0 Å². The number of hydrogen-bond donors (Lipinski definition) is 1. The molecule has 0 saturated carbocycles. The highest BCUT2D eigenvalue weighted by Crippen LogP contribution is 2.45. The Hall–Kier alpha value is -2.97. The molecule has 2 heterocycles. The van der Waals surface area contributed by atoms with Crippen molar-refractivity contribution >= 4 is 46.7 Å². The van der Waals surface area contributed by atoms with E-state index in [4.69, 9.17) is 37.4 Å². The maximum absolute atomic E-state index is 13.0. The molecule has 0 spiro atoms. The third-order valence-electron chi connectivity index (χ3n) is 5.26. The molecular weight excluding hydrogens is 447 g/mol. The number of ether oxygens (including phenoxy) is 3. The van der Waals surface area contributed by atoms with Gasteiger partial charge in [-0.2, -0.15) is 0 Å². The van der Waals surface area contributed by atoms with E-state index in [9.17, 15) is 14.4 Å². The Labute approximate surface area is 188 Å². The molecule has 2 aromatic rings. The number of anilines is 1. The van der Waals surface area contributed by atoms with Gasteiger partial charge in [0.2, 0.25) is 18.0 Å². The maximum Gasteiger partial charge on any atom is 0.344 e. The summed E-state index contributed by atoms with van der Waals surface area (Å²) in [4.78, 5) is 39.6. The van der Waals surface area contributed by atoms with E-state index in [1.165, 1.54) is 25.2 Å². The molecule has 162 valence electrons. The summed E-state index contributed by atoms with van der Waals surface area (Å²) >= 11 is 11.9. The standard InChI is InChI=1S/C21H18Cl2N2O6/c1-29-15-7-4-11-17(18(15)30-2)21(28)31-20(11)25-14(6-8-16(25)26)19(27)24-10-3-5-12(22)13(23)9-10/h3-5,7,9,14,20H,6,8H2,1-2H3,(H,24,27)/t14-,20-/m0/s1. The highest BCUT2D eigenvalue weighted by atomic mass is 35.5. The largest absolute Gasteiger partial charge is 0.493 e. The fourth-order valence-corrected chi connectivity index (χ4v) is 4.14. The summed E-state index contributed by atoms with van der Waals surface area (Å²) in [6.45, 7) is 0. The van der Waals surface area contributed by atoms with Gasteiger partial charge in [-0.3, -0.25) is 14.5 Å². The van der Waals surface area contributed by atoms with Gasteiger partial charge in [0.15, 0.2) is 11.5 Å². The molecule has 0 unspecified atom stereocenters. The molecule has 0 aromatic heterocycles. The molecule has 0 aliphatic carbocycles. The van der Waals surface area contributed by atoms with E-state index < -0.39 is 24.1 Å². The van der Waals surface area contributed by atoms with Gasteiger partial charge in [0.05, 0.1) is 24.3 Å². The van der Waals surface area contributed by atoms with E-state index in [1.54, 1.807) is 24.3 Å². The molecule has 0 radical (unpaired) electrons. The van der Waals surface area contributed by atoms with Crippen LogP contribution in [0.3, 0.4) is 0 Å². The van der Waals surface area contributed by atoms with Gasteiger partial charge in [-0.1, -0.05) is 23.2 Å². The predicted molar refractivity (Wildman–Crippen MR) is 113 cm³/mol. The van der Waals surface area contributed by atoms with Crippen LogP contribution >= 0.6 is 23.2 Å². The quantitative estimate of drug-likeness (QED) is 0.676. The summed E-state index contributed by atoms with van der Waals surface area (Å²) in [7, 11) is 2.86. The number of carbonyl (C=O) groups excluding carboxylic acids is 3. The lowest BCUT2D eigenvalue weighted by molar-refractivity contribution is -0.144. The summed E-state index contributed by atoms with van der Waals surface area (Å²) in [5, 5.41) is 3.39. The number of benzene rings is 2. The van der Waals surface area contributed by atoms with Crippen molar-refractivity contribution < 1.29 is 28.6 Å². The van der Waals surface area contributed by atoms with Crippen molar-refractivity contribution in [1.29, 1.82) is 0 Å². The lowest BCUT2D eigenvalue weighted by Gasteiger charge is -2.29. The number of methoxy groups -OCH3 is 2. The van der Waals surface area contributed by atoms with Gasteiger partial charge in [-0.05, 0) is 36.8 Å². The van der Waals surface area contributed by atoms with Crippen LogP contribution in [0.5, 0.6) is 11.5 Å². The van der Waals surface area contributed by atoms with Crippen molar-refractivity contribution in [3.8, 4) is 11.5 Å². The van der Waals surface area contributed by atoms with E-state index in [0.717, 1.165) is 0 Å². The van der Waals surface area contributed by atoms with Gasteiger partial charge in [-0.15, -0.1) is 0 Å². The van der Waals surface area contributed by atoms with E-state index in [-0.39, 0.29) is 30.1 Å². The Balaban J connectivity index is 1.64. The molecule has 10 heteroatoms. The molecule has 8 nitrogen and oxygen atoms in total. The fraction of sp³-hybridized carbons (Fsp3) is 0.286. The van der Waals surface area contributed by atoms with E-state index in [1.807, 2.05) is 0 Å². The van der Waals surface area contributed by atoms with Crippen LogP contribution in [0.1, 0.15) is 35.0 Å². The normalized spacial score (nSPS) is 19.8. The number of fused-ring (bicyclic) bond motifs is 1. The highest BCUT2D eigenvalue weighted by molar-refractivity contribution is 6.42. The van der Waals surface area contributed by atoms with Crippen LogP contribution in [0, 0.1) is 0 Å². The van der Waals surface area contributed by atoms with Gasteiger partial charge in [0, 0.05) is 17.7 Å². The van der Waals surface area contributed by atoms with Gasteiger partial charge in [0.1, 0.15) is 11.6 Å². The molecule has 2 atom stereocenters. The number of halogens is 2. The van der Waals surface area contributed by atoms with Crippen LogP contribution in [0.2, 0.25) is 10.0 Å². The number of rotatable bonds is 5. The average molecular weight is 465 g/mol. The molecule has 1 fully saturated rings. The number of nitrogens with zero attached hydrogens (tertiary/aromatic N) is 1. The number of nitrogens with one attached hydrogen (secondary N) is 1. The second-order valence-electron chi connectivity index (χ2n) is 7.00. The number of cyclic esters (lactones) is 1. The number of hydrogen-bond acceptors (Lipinski definition) is 6. The molecule has 2 aliphatic rings. The molecule has 1 saturated heterocycles. The minimum atomic E-state index is -1.04. The second-order valence-corrected chi connectivity index (χ2v) is 7.81. The van der Waals surface area contributed by atoms with Crippen molar-refractivity contribution in [2.24, 2.45) is 0 Å². The minimum absolute atomic E-state index is 0.149. The zero-order chi connectivity index (χ0) is 22.3. The third kappa shape index (κ3) is 3.66. The van der Waals surface area contributed by atoms with Crippen molar-refractivity contribution in [2.75, 3.05) is 19.5 Å². The molecular formula is C21H18Cl2N2O6. The topological polar surface area (TPSA) is 94.2 Å². The average Bonchev–Trinajstić information content (AvgIpc) is 3.29. The van der Waals surface area contributed by atoms with Crippen LogP contribution in [-0.4, -0.2) is 42.9 Å². The fourth-order valence-electron chi connectivity index (χ4n) is 3.84. The Bertz CT molecular complexity index is 1090. The Morgan fingerprint density at radius 3 is 2.58 bits per heavy atom. The molecule has 2 amide bonds. The number of esters is 1. The van der Waals surface area contributed by atoms with Gasteiger partial charge < -0.3 is 19.5 Å². The van der Waals surface area contributed by atoms with Crippen molar-refractivity contribution in [2.45, 2.75) is 25.1 Å². The molecule has 2 aliphatic heterocycles. The smallest absolute Gasteiger partial charge is 0.344 e. The third-order valence-corrected chi connectivity index (χ3v) is 6.00. The van der Waals surface area contributed by atoms with Crippen LogP contribution in [0.25, 0.3) is 0 Å². The molecule has 2 aromatic carbocycles. The Kier molecular flexibility index (Phi) is 5.68. The predicted octanol–water partition coefficient (Wildman–Crippen LogP) is 3.81. The number of amides is 2. The first-order valence-electron chi connectivity index (χ1n) is 9.38. The van der Waals surface area contributed by atoms with E-state index in [2.05, 4.69) is 5.32 Å². The monoisotopic (exact) mass is 464 g/mol. The van der Waals surface area contributed by atoms with Crippen LogP contribution in [0.4, 0.5) is 5.69 Å². The minimum Gasteiger partial charge on any atom is -0.493 e. The molecule has 4 rings (SSSR count). The van der Waals surface area contributed by atoms with E-state index in [0.29, 0.717) is 27.0 Å². The summed E-state index contributed by atoms with van der Waals surface area (Å²) in [6, 6.07) is 7.11. The summed E-state index contributed by atoms with van der Waals surface area (Å²) in [5.74, 6) is -0.792. The zero-order valence-electron chi connectivity index (χ0n) is 16.6. The second kappa shape index (κ2) is 8.28. The van der Waals surface area contributed by atoms with Crippen molar-refractivity contribution in [1.82, 2.24) is 4.90 Å². The summed E-state index contributed by atoms with van der Waals surface area (Å²) in [5.41, 5.74) is 1.05. The SMILES string of the molecule is COc1ccc2c(c1OC)C(=O)O[C@@H]2N1C(=O)CC[C@H]1C(=O)Nc1ccc(Cl)c(Cl)c1. The van der Waals surface area contributed by atoms with Gasteiger partial charge in [0.25, 0.3) is 0 Å². The number of carbonyl (C=O) groups is 3. The first kappa shape index (κ1) is 21.3. The lowest BCUT2D eigenvalue weighted by Crippen LogP contribution is -2.43. The van der Waals surface area contributed by atoms with E-state index >= 15 is 0 Å². The molecule has 1 N–H and O–H groups in total. The van der Waals surface area contributed by atoms with Crippen LogP contribution in [-0.2, 0) is 14.3 Å². The highest BCUT2D eigenvalue weighted by Gasteiger charge is 2.47. The van der Waals surface area contributed by atoms with Gasteiger partial charge >= 0.3 is 5.97 Å². The van der Waals surface area contributed by atoms with Crippen molar-refractivity contribution in [3.05, 3.63) is 51.5 Å². The van der Waals surface area contributed by atoms with Gasteiger partial charge in [-0.25, -0.2) is 4.79 Å². The Morgan fingerprint density at radius 2 is 1.90 bits per heavy atom.